The molecule has 2 aromatic heterocycles. The van der Waals surface area contributed by atoms with Gasteiger partial charge in [0.25, 0.3) is 5.91 Å². The van der Waals surface area contributed by atoms with Crippen LogP contribution in [0.2, 0.25) is 0 Å². The number of hydrogen-bond donors (Lipinski definition) is 1. The van der Waals surface area contributed by atoms with Crippen molar-refractivity contribution in [1.82, 2.24) is 0 Å². The van der Waals surface area contributed by atoms with E-state index in [-0.39, 0.29) is 5.91 Å². The Labute approximate surface area is 120 Å². The van der Waals surface area contributed by atoms with Crippen LogP contribution in [0.5, 0.6) is 0 Å². The van der Waals surface area contributed by atoms with Gasteiger partial charge in [0.1, 0.15) is 16.5 Å². The Balaban J connectivity index is 2.19. The number of thiophene rings is 1. The lowest BCUT2D eigenvalue weighted by Gasteiger charge is -2.05. The highest BCUT2D eigenvalue weighted by Crippen LogP contribution is 2.25. The summed E-state index contributed by atoms with van der Waals surface area (Å²) in [5.74, 6) is 0.482. The van der Waals surface area contributed by atoms with Gasteiger partial charge in [-0.3, -0.25) is 4.79 Å². The van der Waals surface area contributed by atoms with Gasteiger partial charge in [0, 0.05) is 0 Å². The largest absolute Gasteiger partial charge is 0.466 e. The van der Waals surface area contributed by atoms with Crippen molar-refractivity contribution in [1.29, 1.82) is 0 Å². The lowest BCUT2D eigenvalue weighted by atomic mass is 10.2. The maximum absolute atomic E-state index is 12.2. The lowest BCUT2D eigenvalue weighted by molar-refractivity contribution is 0.0528. The van der Waals surface area contributed by atoms with Crippen LogP contribution in [-0.4, -0.2) is 18.5 Å². The molecule has 0 saturated heterocycles. The standard InChI is InChI=1S/C14H15NO4S/c1-4-18-14(17)10-5-6-20-13(10)15-12(16)11-7-8(2)19-9(11)3/h5-7H,4H2,1-3H3,(H,15,16). The molecule has 0 aliphatic carbocycles. The van der Waals surface area contributed by atoms with Crippen molar-refractivity contribution < 1.29 is 18.7 Å². The molecule has 106 valence electrons. The smallest absolute Gasteiger partial charge is 0.341 e. The van der Waals surface area contributed by atoms with Gasteiger partial charge in [-0.15, -0.1) is 11.3 Å². The van der Waals surface area contributed by atoms with Gasteiger partial charge in [-0.25, -0.2) is 4.79 Å². The molecule has 2 rings (SSSR count). The molecule has 0 spiro atoms. The van der Waals surface area contributed by atoms with Crippen molar-refractivity contribution in [2.45, 2.75) is 20.8 Å². The van der Waals surface area contributed by atoms with Crippen LogP contribution >= 0.6 is 11.3 Å². The van der Waals surface area contributed by atoms with Crippen molar-refractivity contribution in [3.05, 3.63) is 40.2 Å². The normalized spacial score (nSPS) is 10.3. The molecular weight excluding hydrogens is 278 g/mol. The van der Waals surface area contributed by atoms with E-state index in [1.54, 1.807) is 38.3 Å². The Kier molecular flexibility index (Phi) is 4.24. The fraction of sp³-hybridized carbons (Fsp3) is 0.286. The number of nitrogens with one attached hydrogen (secondary N) is 1. The van der Waals surface area contributed by atoms with Crippen LogP contribution in [0.25, 0.3) is 0 Å². The molecule has 6 heteroatoms. The van der Waals surface area contributed by atoms with Crippen LogP contribution in [0.1, 0.15) is 39.2 Å². The topological polar surface area (TPSA) is 68.5 Å². The highest BCUT2D eigenvalue weighted by Gasteiger charge is 2.19. The number of carbonyl (C=O) groups excluding carboxylic acids is 2. The molecule has 0 fully saturated rings. The number of hydrogen-bond acceptors (Lipinski definition) is 5. The van der Waals surface area contributed by atoms with E-state index in [9.17, 15) is 9.59 Å². The van der Waals surface area contributed by atoms with Crippen LogP contribution in [0, 0.1) is 13.8 Å². The van der Waals surface area contributed by atoms with Crippen LogP contribution in [0.3, 0.4) is 0 Å². The lowest BCUT2D eigenvalue weighted by Crippen LogP contribution is -2.14. The number of anilines is 1. The predicted molar refractivity (Wildman–Crippen MR) is 76.4 cm³/mol. The summed E-state index contributed by atoms with van der Waals surface area (Å²) in [6.07, 6.45) is 0. The van der Waals surface area contributed by atoms with Gasteiger partial charge in [0.2, 0.25) is 0 Å². The van der Waals surface area contributed by atoms with E-state index in [2.05, 4.69) is 5.32 Å². The second-order valence-electron chi connectivity index (χ2n) is 4.16. The summed E-state index contributed by atoms with van der Waals surface area (Å²) >= 11 is 1.28. The van der Waals surface area contributed by atoms with E-state index in [4.69, 9.17) is 9.15 Å². The molecule has 0 atom stereocenters. The fourth-order valence-corrected chi connectivity index (χ4v) is 2.57. The number of ether oxygens (including phenoxy) is 1. The monoisotopic (exact) mass is 293 g/mol. The van der Waals surface area contributed by atoms with Crippen molar-refractivity contribution >= 4 is 28.2 Å². The minimum atomic E-state index is -0.441. The molecular formula is C14H15NO4S. The predicted octanol–water partition coefficient (Wildman–Crippen LogP) is 3.39. The van der Waals surface area contributed by atoms with E-state index in [0.29, 0.717) is 34.3 Å². The zero-order valence-corrected chi connectivity index (χ0v) is 12.3. The summed E-state index contributed by atoms with van der Waals surface area (Å²) in [5, 5.41) is 4.93. The summed E-state index contributed by atoms with van der Waals surface area (Å²) in [7, 11) is 0. The zero-order chi connectivity index (χ0) is 14.7. The van der Waals surface area contributed by atoms with E-state index in [1.165, 1.54) is 11.3 Å². The number of esters is 1. The molecule has 0 bridgehead atoms. The second-order valence-corrected chi connectivity index (χ2v) is 5.08. The van der Waals surface area contributed by atoms with E-state index < -0.39 is 5.97 Å². The quantitative estimate of drug-likeness (QED) is 0.877. The molecule has 0 aliphatic heterocycles. The highest BCUT2D eigenvalue weighted by molar-refractivity contribution is 7.14. The van der Waals surface area contributed by atoms with Crippen LogP contribution in [0.4, 0.5) is 5.00 Å². The molecule has 2 aromatic rings. The van der Waals surface area contributed by atoms with Crippen LogP contribution in [-0.2, 0) is 4.74 Å². The van der Waals surface area contributed by atoms with Gasteiger partial charge >= 0.3 is 5.97 Å². The number of aryl methyl sites for hydroxylation is 2. The average molecular weight is 293 g/mol. The number of rotatable bonds is 4. The van der Waals surface area contributed by atoms with Gasteiger partial charge in [-0.2, -0.15) is 0 Å². The average Bonchev–Trinajstić information content (AvgIpc) is 2.96. The Bertz CT molecular complexity index is 641. The number of furan rings is 1. The van der Waals surface area contributed by atoms with E-state index in [1.807, 2.05) is 0 Å². The Morgan fingerprint density at radius 3 is 2.70 bits per heavy atom. The molecule has 1 amide bonds. The molecule has 0 unspecified atom stereocenters. The summed E-state index contributed by atoms with van der Waals surface area (Å²) in [5.41, 5.74) is 0.828. The molecule has 2 heterocycles. The third kappa shape index (κ3) is 2.91. The van der Waals surface area contributed by atoms with Crippen molar-refractivity contribution in [3.63, 3.8) is 0 Å². The van der Waals surface area contributed by atoms with Gasteiger partial charge in [0.15, 0.2) is 0 Å². The zero-order valence-electron chi connectivity index (χ0n) is 11.5. The number of amides is 1. The van der Waals surface area contributed by atoms with E-state index in [0.717, 1.165) is 0 Å². The molecule has 0 aromatic carbocycles. The van der Waals surface area contributed by atoms with Gasteiger partial charge < -0.3 is 14.5 Å². The second kappa shape index (κ2) is 5.92. The summed E-state index contributed by atoms with van der Waals surface area (Å²) in [4.78, 5) is 23.9. The van der Waals surface area contributed by atoms with Gasteiger partial charge in [0.05, 0.1) is 17.7 Å². The summed E-state index contributed by atoms with van der Waals surface area (Å²) < 4.78 is 10.3. The maximum atomic E-state index is 12.2. The SMILES string of the molecule is CCOC(=O)c1ccsc1NC(=O)c1cc(C)oc1C. The maximum Gasteiger partial charge on any atom is 0.341 e. The molecule has 0 radical (unpaired) electrons. The first-order valence-electron chi connectivity index (χ1n) is 6.16. The molecule has 20 heavy (non-hydrogen) atoms. The number of carbonyl (C=O) groups is 2. The Morgan fingerprint density at radius 1 is 1.35 bits per heavy atom. The van der Waals surface area contributed by atoms with Gasteiger partial charge in [-0.05, 0) is 38.3 Å². The van der Waals surface area contributed by atoms with Crippen LogP contribution in [0.15, 0.2) is 21.9 Å². The first-order valence-corrected chi connectivity index (χ1v) is 7.04. The minimum Gasteiger partial charge on any atom is -0.466 e. The van der Waals surface area contributed by atoms with E-state index >= 15 is 0 Å². The molecule has 0 saturated carbocycles. The first kappa shape index (κ1) is 14.3. The van der Waals surface area contributed by atoms with Crippen LogP contribution < -0.4 is 5.32 Å². The van der Waals surface area contributed by atoms with Crippen molar-refractivity contribution in [2.24, 2.45) is 0 Å². The third-order valence-electron chi connectivity index (χ3n) is 2.67. The highest BCUT2D eigenvalue weighted by atomic mass is 32.1. The van der Waals surface area contributed by atoms with Gasteiger partial charge in [-0.1, -0.05) is 0 Å². The third-order valence-corrected chi connectivity index (χ3v) is 3.50. The molecule has 5 nitrogen and oxygen atoms in total. The Morgan fingerprint density at radius 2 is 2.10 bits per heavy atom. The van der Waals surface area contributed by atoms with Crippen molar-refractivity contribution in [2.75, 3.05) is 11.9 Å². The Hall–Kier alpha value is -2.08. The molecule has 0 aliphatic rings. The molecule has 1 N–H and O–H groups in total. The summed E-state index contributed by atoms with van der Waals surface area (Å²) in [6, 6.07) is 3.30. The first-order chi connectivity index (χ1) is 9.52. The minimum absolute atomic E-state index is 0.294. The summed E-state index contributed by atoms with van der Waals surface area (Å²) in [6.45, 7) is 5.53. The van der Waals surface area contributed by atoms with Crippen molar-refractivity contribution in [3.8, 4) is 0 Å². The fourth-order valence-electron chi connectivity index (χ4n) is 1.80.